The average molecular weight is 343 g/mol. The number of nitrogens with zero attached hydrogens (tertiary/aromatic N) is 3. The molecular formula is C19H25N3OS. The highest BCUT2D eigenvalue weighted by molar-refractivity contribution is 7.18. The Hall–Kier alpha value is -1.30. The molecule has 1 aromatic heterocycles. The van der Waals surface area contributed by atoms with Crippen molar-refractivity contribution >= 4 is 27.3 Å². The Morgan fingerprint density at radius 1 is 1.33 bits per heavy atom. The van der Waals surface area contributed by atoms with Crippen molar-refractivity contribution in [3.63, 3.8) is 0 Å². The Morgan fingerprint density at radius 2 is 2.17 bits per heavy atom. The van der Waals surface area contributed by atoms with Crippen LogP contribution in [0.1, 0.15) is 30.3 Å². The number of fused-ring (bicyclic) bond motifs is 1. The largest absolute Gasteiger partial charge is 0.379 e. The van der Waals surface area contributed by atoms with Gasteiger partial charge in [0.05, 0.1) is 28.8 Å². The van der Waals surface area contributed by atoms with Crippen molar-refractivity contribution in [1.82, 2.24) is 9.88 Å². The summed E-state index contributed by atoms with van der Waals surface area (Å²) in [7, 11) is 4.24. The van der Waals surface area contributed by atoms with Gasteiger partial charge in [-0.3, -0.25) is 4.99 Å². The van der Waals surface area contributed by atoms with Gasteiger partial charge in [-0.1, -0.05) is 13.0 Å². The van der Waals surface area contributed by atoms with E-state index >= 15 is 0 Å². The lowest BCUT2D eigenvalue weighted by Gasteiger charge is -2.41. The van der Waals surface area contributed by atoms with Crippen LogP contribution in [-0.2, 0) is 10.2 Å². The second-order valence-corrected chi connectivity index (χ2v) is 8.67. The fraction of sp³-hybridized carbons (Fsp3) is 0.579. The number of aromatic nitrogens is 1. The lowest BCUT2D eigenvalue weighted by molar-refractivity contribution is -0.0698. The first-order valence-corrected chi connectivity index (χ1v) is 9.55. The van der Waals surface area contributed by atoms with Crippen LogP contribution in [0.15, 0.2) is 23.2 Å². The zero-order valence-corrected chi connectivity index (χ0v) is 15.5. The van der Waals surface area contributed by atoms with Crippen LogP contribution in [0.4, 0.5) is 0 Å². The van der Waals surface area contributed by atoms with Gasteiger partial charge in [0.2, 0.25) is 0 Å². The van der Waals surface area contributed by atoms with Gasteiger partial charge < -0.3 is 9.64 Å². The molecule has 1 atom stereocenters. The van der Waals surface area contributed by atoms with Crippen molar-refractivity contribution in [3.05, 3.63) is 28.8 Å². The van der Waals surface area contributed by atoms with E-state index in [-0.39, 0.29) is 5.41 Å². The summed E-state index contributed by atoms with van der Waals surface area (Å²) in [4.78, 5) is 12.0. The van der Waals surface area contributed by atoms with E-state index in [1.807, 2.05) is 11.3 Å². The van der Waals surface area contributed by atoms with E-state index < -0.39 is 0 Å². The van der Waals surface area contributed by atoms with Crippen molar-refractivity contribution in [3.8, 4) is 0 Å². The fourth-order valence-electron chi connectivity index (χ4n) is 3.63. The molecule has 1 aromatic carbocycles. The van der Waals surface area contributed by atoms with E-state index in [2.05, 4.69) is 44.1 Å². The maximum Gasteiger partial charge on any atom is 0.106 e. The third-order valence-electron chi connectivity index (χ3n) is 5.02. The molecule has 4 rings (SSSR count). The summed E-state index contributed by atoms with van der Waals surface area (Å²) in [6.45, 7) is 5.79. The zero-order valence-electron chi connectivity index (χ0n) is 14.7. The van der Waals surface area contributed by atoms with E-state index in [4.69, 9.17) is 14.7 Å². The molecule has 0 spiro atoms. The van der Waals surface area contributed by atoms with Gasteiger partial charge in [0.25, 0.3) is 0 Å². The standard InChI is InChI=1S/C19H25N3OS/c1-13-4-6-15(20-9-13)14-5-7-17-16(8-14)21-18(24-17)19(10-22(2)3)11-23-12-19/h5,7-8,13H,4,6,9-12H2,1-3H3. The van der Waals surface area contributed by atoms with Gasteiger partial charge in [0.1, 0.15) is 5.01 Å². The van der Waals surface area contributed by atoms with Crippen LogP contribution >= 0.6 is 11.3 Å². The summed E-state index contributed by atoms with van der Waals surface area (Å²) in [6, 6.07) is 6.66. The first-order valence-electron chi connectivity index (χ1n) is 8.73. The zero-order chi connectivity index (χ0) is 16.7. The molecule has 24 heavy (non-hydrogen) atoms. The molecule has 0 aliphatic carbocycles. The number of likely N-dealkylation sites (N-methyl/N-ethyl adjacent to an activating group) is 1. The van der Waals surface area contributed by atoms with Crippen LogP contribution in [0.5, 0.6) is 0 Å². The van der Waals surface area contributed by atoms with Crippen LogP contribution in [0.3, 0.4) is 0 Å². The Kier molecular flexibility index (Phi) is 4.19. The third kappa shape index (κ3) is 2.89. The first kappa shape index (κ1) is 16.2. The van der Waals surface area contributed by atoms with E-state index in [1.165, 1.54) is 27.4 Å². The maximum absolute atomic E-state index is 5.54. The van der Waals surface area contributed by atoms with Crippen LogP contribution in [-0.4, -0.2) is 56.0 Å². The number of thiazole rings is 1. The Labute approximate surface area is 147 Å². The molecule has 0 saturated carbocycles. The number of benzene rings is 1. The average Bonchev–Trinajstić information content (AvgIpc) is 2.94. The molecule has 1 saturated heterocycles. The molecule has 0 bridgehead atoms. The lowest BCUT2D eigenvalue weighted by Crippen LogP contribution is -2.53. The van der Waals surface area contributed by atoms with Gasteiger partial charge in [-0.2, -0.15) is 0 Å². The summed E-state index contributed by atoms with van der Waals surface area (Å²) >= 11 is 1.82. The molecule has 128 valence electrons. The van der Waals surface area contributed by atoms with Crippen LogP contribution in [0.2, 0.25) is 0 Å². The summed E-state index contributed by atoms with van der Waals surface area (Å²) in [6.07, 6.45) is 2.32. The van der Waals surface area contributed by atoms with E-state index in [9.17, 15) is 0 Å². The minimum Gasteiger partial charge on any atom is -0.379 e. The minimum atomic E-state index is 0.0745. The van der Waals surface area contributed by atoms with Crippen molar-refractivity contribution in [2.45, 2.75) is 25.2 Å². The third-order valence-corrected chi connectivity index (χ3v) is 6.30. The molecular weight excluding hydrogens is 318 g/mol. The normalized spacial score (nSPS) is 23.3. The first-order chi connectivity index (χ1) is 11.6. The Morgan fingerprint density at radius 3 is 2.79 bits per heavy atom. The molecule has 3 heterocycles. The predicted molar refractivity (Wildman–Crippen MR) is 100 cm³/mol. The molecule has 0 N–H and O–H groups in total. The Balaban J connectivity index is 1.66. The van der Waals surface area contributed by atoms with Crippen molar-refractivity contribution < 1.29 is 4.74 Å². The summed E-state index contributed by atoms with van der Waals surface area (Å²) in [5.41, 5.74) is 3.68. The molecule has 4 nitrogen and oxygen atoms in total. The predicted octanol–water partition coefficient (Wildman–Crippen LogP) is 3.34. The van der Waals surface area contributed by atoms with Gasteiger partial charge in [0.15, 0.2) is 0 Å². The smallest absolute Gasteiger partial charge is 0.106 e. The van der Waals surface area contributed by atoms with E-state index in [0.29, 0.717) is 5.92 Å². The van der Waals surface area contributed by atoms with E-state index in [0.717, 1.165) is 38.2 Å². The Bertz CT molecular complexity index is 776. The summed E-state index contributed by atoms with van der Waals surface area (Å²) < 4.78 is 6.81. The highest BCUT2D eigenvalue weighted by Crippen LogP contribution is 2.38. The SMILES string of the molecule is CC1CCC(c2ccc3sc(C4(CN(C)C)COC4)nc3c2)=NC1. The molecule has 1 unspecified atom stereocenters. The quantitative estimate of drug-likeness (QED) is 0.854. The number of rotatable bonds is 4. The molecule has 5 heteroatoms. The number of hydrogen-bond acceptors (Lipinski definition) is 5. The maximum atomic E-state index is 5.54. The number of ether oxygens (including phenoxy) is 1. The summed E-state index contributed by atoms with van der Waals surface area (Å²) in [5.74, 6) is 0.716. The lowest BCUT2D eigenvalue weighted by atomic mass is 9.86. The van der Waals surface area contributed by atoms with Gasteiger partial charge >= 0.3 is 0 Å². The van der Waals surface area contributed by atoms with Gasteiger partial charge in [-0.15, -0.1) is 11.3 Å². The monoisotopic (exact) mass is 343 g/mol. The van der Waals surface area contributed by atoms with Crippen LogP contribution in [0.25, 0.3) is 10.2 Å². The number of hydrogen-bond donors (Lipinski definition) is 0. The molecule has 2 aliphatic rings. The van der Waals surface area contributed by atoms with Gasteiger partial charge in [-0.25, -0.2) is 4.98 Å². The second-order valence-electron chi connectivity index (χ2n) is 7.64. The fourth-order valence-corrected chi connectivity index (χ4v) is 4.72. The highest BCUT2D eigenvalue weighted by Gasteiger charge is 2.43. The second kappa shape index (κ2) is 6.21. The highest BCUT2D eigenvalue weighted by atomic mass is 32.1. The summed E-state index contributed by atoms with van der Waals surface area (Å²) in [5, 5.41) is 1.22. The molecule has 2 aliphatic heterocycles. The molecule has 0 amide bonds. The molecule has 2 aromatic rings. The van der Waals surface area contributed by atoms with E-state index in [1.54, 1.807) is 0 Å². The van der Waals surface area contributed by atoms with Crippen molar-refractivity contribution in [2.24, 2.45) is 10.9 Å². The van der Waals surface area contributed by atoms with Gasteiger partial charge in [0, 0.05) is 18.8 Å². The number of aliphatic imine (C=N–C) groups is 1. The van der Waals surface area contributed by atoms with Crippen LogP contribution in [0, 0.1) is 5.92 Å². The molecule has 0 radical (unpaired) electrons. The van der Waals surface area contributed by atoms with Crippen LogP contribution < -0.4 is 0 Å². The topological polar surface area (TPSA) is 37.7 Å². The van der Waals surface area contributed by atoms with Crippen molar-refractivity contribution in [1.29, 1.82) is 0 Å². The van der Waals surface area contributed by atoms with Gasteiger partial charge in [-0.05, 0) is 50.6 Å². The van der Waals surface area contributed by atoms with Crippen molar-refractivity contribution in [2.75, 3.05) is 40.4 Å². The molecule has 1 fully saturated rings. The minimum absolute atomic E-state index is 0.0745.